The smallest absolute Gasteiger partial charge is 0.237 e. The summed E-state index contributed by atoms with van der Waals surface area (Å²) in [5.41, 5.74) is 1.71. The highest BCUT2D eigenvalue weighted by molar-refractivity contribution is 7.85. The number of carbonyl (C=O) groups excluding carboxylic acids is 1. The molecule has 126 valence electrons. The second-order valence-corrected chi connectivity index (χ2v) is 6.76. The van der Waals surface area contributed by atoms with E-state index in [-0.39, 0.29) is 30.8 Å². The number of nitrogens with one attached hydrogen (secondary N) is 1. The predicted octanol–water partition coefficient (Wildman–Crippen LogP) is 2.58. The van der Waals surface area contributed by atoms with E-state index in [0.717, 1.165) is 0 Å². The molecular formula is C17H16FNO4S. The van der Waals surface area contributed by atoms with Gasteiger partial charge in [-0.3, -0.25) is 9.00 Å². The number of carbonyl (C=O) groups is 1. The number of amides is 1. The SMILES string of the molecule is O=C(CS(=O)Cc1cc(F)cc2c1OCOC2)Nc1ccccc1. The molecule has 1 atom stereocenters. The topological polar surface area (TPSA) is 64.6 Å². The van der Waals surface area contributed by atoms with Gasteiger partial charge in [0.15, 0.2) is 6.79 Å². The van der Waals surface area contributed by atoms with Crippen LogP contribution in [-0.4, -0.2) is 22.7 Å². The van der Waals surface area contributed by atoms with Crippen molar-refractivity contribution in [2.75, 3.05) is 17.9 Å². The lowest BCUT2D eigenvalue weighted by molar-refractivity contribution is -0.113. The average Bonchev–Trinajstić information content (AvgIpc) is 2.55. The quantitative estimate of drug-likeness (QED) is 0.901. The van der Waals surface area contributed by atoms with Gasteiger partial charge in [-0.05, 0) is 24.3 Å². The number of benzene rings is 2. The Morgan fingerprint density at radius 1 is 1.25 bits per heavy atom. The number of ether oxygens (including phenoxy) is 2. The molecule has 0 saturated carbocycles. The lowest BCUT2D eigenvalue weighted by atomic mass is 10.1. The molecule has 0 aromatic heterocycles. The summed E-state index contributed by atoms with van der Waals surface area (Å²) in [4.78, 5) is 11.9. The molecule has 2 aromatic carbocycles. The van der Waals surface area contributed by atoms with Gasteiger partial charge in [0.1, 0.15) is 17.3 Å². The Morgan fingerprint density at radius 3 is 2.83 bits per heavy atom. The number of para-hydroxylation sites is 1. The molecular weight excluding hydrogens is 333 g/mol. The number of hydrogen-bond donors (Lipinski definition) is 1. The molecule has 0 saturated heterocycles. The summed E-state index contributed by atoms with van der Waals surface area (Å²) < 4.78 is 36.4. The number of anilines is 1. The summed E-state index contributed by atoms with van der Waals surface area (Å²) in [6.45, 7) is 0.327. The van der Waals surface area contributed by atoms with Gasteiger partial charge in [0.2, 0.25) is 5.91 Å². The molecule has 0 aliphatic carbocycles. The van der Waals surface area contributed by atoms with Gasteiger partial charge in [-0.1, -0.05) is 18.2 Å². The van der Waals surface area contributed by atoms with Crippen LogP contribution >= 0.6 is 0 Å². The highest BCUT2D eigenvalue weighted by Gasteiger charge is 2.19. The van der Waals surface area contributed by atoms with Crippen molar-refractivity contribution < 1.29 is 22.9 Å². The Balaban J connectivity index is 1.65. The molecule has 1 aliphatic rings. The predicted molar refractivity (Wildman–Crippen MR) is 88.5 cm³/mol. The normalized spacial score (nSPS) is 14.4. The van der Waals surface area contributed by atoms with Crippen LogP contribution in [0.3, 0.4) is 0 Å². The van der Waals surface area contributed by atoms with E-state index in [1.165, 1.54) is 12.1 Å². The second-order valence-electron chi connectivity index (χ2n) is 5.31. The number of rotatable bonds is 5. The minimum absolute atomic E-state index is 0.0440. The maximum atomic E-state index is 13.7. The van der Waals surface area contributed by atoms with Crippen molar-refractivity contribution >= 4 is 22.4 Å². The molecule has 1 unspecified atom stereocenters. The van der Waals surface area contributed by atoms with Crippen molar-refractivity contribution in [3.8, 4) is 5.75 Å². The van der Waals surface area contributed by atoms with Gasteiger partial charge in [0, 0.05) is 27.6 Å². The zero-order valence-electron chi connectivity index (χ0n) is 12.8. The van der Waals surface area contributed by atoms with E-state index in [4.69, 9.17) is 9.47 Å². The summed E-state index contributed by atoms with van der Waals surface area (Å²) in [5, 5.41) is 2.67. The first kappa shape index (κ1) is 16.6. The van der Waals surface area contributed by atoms with E-state index in [1.807, 2.05) is 6.07 Å². The zero-order valence-corrected chi connectivity index (χ0v) is 13.6. The van der Waals surface area contributed by atoms with Crippen molar-refractivity contribution in [3.63, 3.8) is 0 Å². The van der Waals surface area contributed by atoms with Crippen LogP contribution in [-0.2, 0) is 32.7 Å². The third kappa shape index (κ3) is 4.18. The summed E-state index contributed by atoms with van der Waals surface area (Å²) >= 11 is 0. The minimum atomic E-state index is -1.48. The van der Waals surface area contributed by atoms with Gasteiger partial charge < -0.3 is 14.8 Å². The molecule has 3 rings (SSSR count). The molecule has 0 radical (unpaired) electrons. The molecule has 1 aliphatic heterocycles. The molecule has 0 spiro atoms. The maximum Gasteiger partial charge on any atom is 0.237 e. The van der Waals surface area contributed by atoms with Crippen LogP contribution < -0.4 is 10.1 Å². The molecule has 0 fully saturated rings. The zero-order chi connectivity index (χ0) is 16.9. The molecule has 2 aromatic rings. The molecule has 7 heteroatoms. The second kappa shape index (κ2) is 7.55. The van der Waals surface area contributed by atoms with E-state index >= 15 is 0 Å². The third-order valence-electron chi connectivity index (χ3n) is 3.42. The monoisotopic (exact) mass is 349 g/mol. The summed E-state index contributed by atoms with van der Waals surface area (Å²) in [7, 11) is -1.48. The van der Waals surface area contributed by atoms with E-state index in [1.54, 1.807) is 24.3 Å². The summed E-state index contributed by atoms with van der Waals surface area (Å²) in [5.74, 6) is -0.420. The highest BCUT2D eigenvalue weighted by atomic mass is 32.2. The number of hydrogen-bond acceptors (Lipinski definition) is 4. The Bertz CT molecular complexity index is 767. The Hall–Kier alpha value is -2.25. The molecule has 1 amide bonds. The first-order valence-corrected chi connectivity index (χ1v) is 8.82. The Morgan fingerprint density at radius 2 is 2.04 bits per heavy atom. The number of halogens is 1. The maximum absolute atomic E-state index is 13.7. The van der Waals surface area contributed by atoms with Crippen molar-refractivity contribution in [2.24, 2.45) is 0 Å². The summed E-state index contributed by atoms with van der Waals surface area (Å²) in [6, 6.07) is 11.6. The molecule has 5 nitrogen and oxygen atoms in total. The molecule has 0 bridgehead atoms. The first-order valence-electron chi connectivity index (χ1n) is 7.33. The van der Waals surface area contributed by atoms with Crippen LogP contribution in [0.15, 0.2) is 42.5 Å². The lowest BCUT2D eigenvalue weighted by Gasteiger charge is -2.20. The van der Waals surface area contributed by atoms with Crippen molar-refractivity contribution in [2.45, 2.75) is 12.4 Å². The van der Waals surface area contributed by atoms with Crippen LogP contribution in [0.25, 0.3) is 0 Å². The molecule has 24 heavy (non-hydrogen) atoms. The fraction of sp³-hybridized carbons (Fsp3) is 0.235. The van der Waals surface area contributed by atoms with Gasteiger partial charge in [0.05, 0.1) is 12.4 Å². The van der Waals surface area contributed by atoms with E-state index < -0.39 is 16.6 Å². The van der Waals surface area contributed by atoms with Gasteiger partial charge in [-0.25, -0.2) is 4.39 Å². The molecule has 1 N–H and O–H groups in total. The van der Waals surface area contributed by atoms with Crippen molar-refractivity contribution in [3.05, 3.63) is 59.4 Å². The van der Waals surface area contributed by atoms with E-state index in [9.17, 15) is 13.4 Å². The fourth-order valence-electron chi connectivity index (χ4n) is 2.45. The van der Waals surface area contributed by atoms with Crippen molar-refractivity contribution in [1.29, 1.82) is 0 Å². The fourth-order valence-corrected chi connectivity index (χ4v) is 3.48. The first-order chi connectivity index (χ1) is 11.6. The lowest BCUT2D eigenvalue weighted by Crippen LogP contribution is -2.21. The van der Waals surface area contributed by atoms with Gasteiger partial charge in [0.25, 0.3) is 0 Å². The van der Waals surface area contributed by atoms with E-state index in [0.29, 0.717) is 22.6 Å². The Kier molecular flexibility index (Phi) is 5.22. The standard InChI is InChI=1S/C17H16FNO4S/c18-14-6-12-8-22-11-23-17(12)13(7-14)9-24(21)10-16(20)19-15-4-2-1-3-5-15/h1-7H,8-11H2,(H,19,20). The highest BCUT2D eigenvalue weighted by Crippen LogP contribution is 2.30. The Labute approximate surface area is 141 Å². The minimum Gasteiger partial charge on any atom is -0.467 e. The van der Waals surface area contributed by atoms with Gasteiger partial charge in [-0.2, -0.15) is 0 Å². The van der Waals surface area contributed by atoms with Gasteiger partial charge >= 0.3 is 0 Å². The van der Waals surface area contributed by atoms with Crippen LogP contribution in [0.1, 0.15) is 11.1 Å². The van der Waals surface area contributed by atoms with Crippen LogP contribution in [0.5, 0.6) is 5.75 Å². The van der Waals surface area contributed by atoms with Crippen molar-refractivity contribution in [1.82, 2.24) is 0 Å². The van der Waals surface area contributed by atoms with Gasteiger partial charge in [-0.15, -0.1) is 0 Å². The summed E-state index contributed by atoms with van der Waals surface area (Å²) in [6.07, 6.45) is 0. The third-order valence-corrected chi connectivity index (χ3v) is 4.63. The van der Waals surface area contributed by atoms with E-state index in [2.05, 4.69) is 5.32 Å². The largest absolute Gasteiger partial charge is 0.467 e. The van der Waals surface area contributed by atoms with Crippen LogP contribution in [0.2, 0.25) is 0 Å². The van der Waals surface area contributed by atoms with Crippen LogP contribution in [0, 0.1) is 5.82 Å². The van der Waals surface area contributed by atoms with Crippen LogP contribution in [0.4, 0.5) is 10.1 Å². The number of fused-ring (bicyclic) bond motifs is 1. The molecule has 1 heterocycles. The average molecular weight is 349 g/mol.